The molecule has 0 bridgehead atoms. The number of nitrogens with zero attached hydrogens (tertiary/aromatic N) is 2. The van der Waals surface area contributed by atoms with Crippen molar-refractivity contribution in [2.24, 2.45) is 0 Å². The summed E-state index contributed by atoms with van der Waals surface area (Å²) in [6.07, 6.45) is 3.59. The molecule has 2 aromatic heterocycles. The Kier molecular flexibility index (Phi) is 4.26. The van der Waals surface area contributed by atoms with Gasteiger partial charge in [0.2, 0.25) is 12.4 Å². The molecule has 0 radical (unpaired) electrons. The van der Waals surface area contributed by atoms with Gasteiger partial charge in [-0.1, -0.05) is 23.2 Å². The lowest BCUT2D eigenvalue weighted by atomic mass is 10.3. The molecule has 20 heavy (non-hydrogen) atoms. The predicted octanol–water partition coefficient (Wildman–Crippen LogP) is 2.28. The summed E-state index contributed by atoms with van der Waals surface area (Å²) < 4.78 is 5.40. The molecule has 0 spiro atoms. The Bertz CT molecular complexity index is 624. The summed E-state index contributed by atoms with van der Waals surface area (Å²) in [6, 6.07) is 3.09. The highest BCUT2D eigenvalue weighted by Gasteiger charge is 2.16. The molecule has 0 aromatic carbocycles. The van der Waals surface area contributed by atoms with Gasteiger partial charge in [0.25, 0.3) is 5.91 Å². The normalized spacial score (nSPS) is 10.2. The van der Waals surface area contributed by atoms with Crippen molar-refractivity contribution in [1.29, 1.82) is 0 Å². The second kappa shape index (κ2) is 5.94. The van der Waals surface area contributed by atoms with E-state index in [2.05, 4.69) is 10.3 Å². The molecule has 8 heteroatoms. The number of anilines is 1. The lowest BCUT2D eigenvalue weighted by Crippen LogP contribution is -2.25. The Morgan fingerprint density at radius 2 is 2.00 bits per heavy atom. The van der Waals surface area contributed by atoms with E-state index in [0.29, 0.717) is 10.5 Å². The van der Waals surface area contributed by atoms with Gasteiger partial charge in [0.05, 0.1) is 19.0 Å². The molecule has 0 saturated carbocycles. The minimum Gasteiger partial charge on any atom is -0.619 e. The Hall–Kier alpha value is -2.05. The van der Waals surface area contributed by atoms with E-state index >= 15 is 0 Å². The quantitative estimate of drug-likeness (QED) is 0.696. The highest BCUT2D eigenvalue weighted by atomic mass is 35.5. The van der Waals surface area contributed by atoms with Crippen LogP contribution in [-0.4, -0.2) is 18.0 Å². The van der Waals surface area contributed by atoms with Crippen molar-refractivity contribution in [3.05, 3.63) is 51.7 Å². The minimum absolute atomic E-state index is 0.0364. The summed E-state index contributed by atoms with van der Waals surface area (Å²) in [6.45, 7) is 0. The zero-order valence-corrected chi connectivity index (χ0v) is 11.8. The maximum Gasteiger partial charge on any atom is 0.274 e. The Labute approximate surface area is 124 Å². The number of aromatic nitrogens is 2. The van der Waals surface area contributed by atoms with Crippen molar-refractivity contribution in [3.8, 4) is 5.75 Å². The first-order valence-electron chi connectivity index (χ1n) is 5.40. The molecule has 0 unspecified atom stereocenters. The van der Waals surface area contributed by atoms with Crippen LogP contribution in [0.4, 0.5) is 5.69 Å². The second-order valence-electron chi connectivity index (χ2n) is 3.73. The van der Waals surface area contributed by atoms with Crippen LogP contribution in [0.2, 0.25) is 10.0 Å². The predicted molar refractivity (Wildman–Crippen MR) is 74.2 cm³/mol. The first-order chi connectivity index (χ1) is 9.51. The van der Waals surface area contributed by atoms with Gasteiger partial charge >= 0.3 is 0 Å². The molecule has 1 amide bonds. The third-order valence-electron chi connectivity index (χ3n) is 2.40. The minimum atomic E-state index is -0.500. The van der Waals surface area contributed by atoms with Gasteiger partial charge in [-0.15, -0.1) is 0 Å². The number of ether oxygens (including phenoxy) is 1. The molecule has 0 atom stereocenters. The molecule has 2 rings (SSSR count). The van der Waals surface area contributed by atoms with Crippen LogP contribution >= 0.6 is 23.2 Å². The molecule has 2 heterocycles. The van der Waals surface area contributed by atoms with E-state index in [9.17, 15) is 10.0 Å². The molecular formula is C12H9Cl2N3O3. The molecule has 0 aliphatic rings. The first-order valence-corrected chi connectivity index (χ1v) is 6.16. The molecular weight excluding hydrogens is 305 g/mol. The van der Waals surface area contributed by atoms with Crippen LogP contribution in [0, 0.1) is 5.21 Å². The van der Waals surface area contributed by atoms with E-state index in [1.807, 2.05) is 0 Å². The average Bonchev–Trinajstić information content (AvgIpc) is 2.42. The number of methoxy groups -OCH3 is 1. The van der Waals surface area contributed by atoms with E-state index in [0.717, 1.165) is 12.4 Å². The van der Waals surface area contributed by atoms with Crippen LogP contribution in [0.25, 0.3) is 0 Å². The van der Waals surface area contributed by atoms with Gasteiger partial charge in [-0.3, -0.25) is 4.79 Å². The van der Waals surface area contributed by atoms with Gasteiger partial charge in [-0.2, -0.15) is 4.73 Å². The van der Waals surface area contributed by atoms with Gasteiger partial charge in [-0.05, 0) is 12.1 Å². The number of halogens is 2. The summed E-state index contributed by atoms with van der Waals surface area (Å²) in [4.78, 5) is 15.9. The van der Waals surface area contributed by atoms with Crippen molar-refractivity contribution in [2.75, 3.05) is 12.4 Å². The van der Waals surface area contributed by atoms with Crippen LogP contribution in [0.15, 0.2) is 30.7 Å². The molecule has 2 aromatic rings. The number of hydrogen-bond donors (Lipinski definition) is 1. The molecule has 0 aliphatic carbocycles. The fraction of sp³-hybridized carbons (Fsp3) is 0.0833. The zero-order valence-electron chi connectivity index (χ0n) is 10.3. The van der Waals surface area contributed by atoms with Gasteiger partial charge in [-0.25, -0.2) is 4.98 Å². The van der Waals surface area contributed by atoms with Crippen molar-refractivity contribution in [3.63, 3.8) is 0 Å². The number of hydrogen-bond acceptors (Lipinski definition) is 4. The largest absolute Gasteiger partial charge is 0.619 e. The van der Waals surface area contributed by atoms with E-state index < -0.39 is 5.91 Å². The maximum atomic E-state index is 12.0. The molecule has 6 nitrogen and oxygen atoms in total. The summed E-state index contributed by atoms with van der Waals surface area (Å²) in [5, 5.41) is 13.7. The van der Waals surface area contributed by atoms with Crippen molar-refractivity contribution < 1.29 is 14.3 Å². The van der Waals surface area contributed by atoms with Crippen LogP contribution < -0.4 is 14.8 Å². The summed E-state index contributed by atoms with van der Waals surface area (Å²) in [5.41, 5.74) is 0.319. The standard InChI is InChI=1S/C12H9Cl2N3O3/c1-20-7-2-3-10(15-4-7)12(18)16-11-8(13)5-17(19)6-9(11)14/h2-6H,1H3,(H,16,18). The number of carbonyl (C=O) groups is 1. The van der Waals surface area contributed by atoms with Crippen LogP contribution in [0.3, 0.4) is 0 Å². The molecule has 0 saturated heterocycles. The monoisotopic (exact) mass is 313 g/mol. The Balaban J connectivity index is 2.23. The number of nitrogens with one attached hydrogen (secondary N) is 1. The van der Waals surface area contributed by atoms with Crippen LogP contribution in [0.1, 0.15) is 10.5 Å². The Morgan fingerprint density at radius 1 is 1.35 bits per heavy atom. The van der Waals surface area contributed by atoms with E-state index in [-0.39, 0.29) is 21.4 Å². The highest BCUT2D eigenvalue weighted by Crippen LogP contribution is 2.28. The molecule has 0 fully saturated rings. The first kappa shape index (κ1) is 14.4. The number of rotatable bonds is 3. The van der Waals surface area contributed by atoms with Crippen molar-refractivity contribution >= 4 is 34.8 Å². The van der Waals surface area contributed by atoms with Crippen molar-refractivity contribution in [1.82, 2.24) is 4.98 Å². The van der Waals surface area contributed by atoms with E-state index in [4.69, 9.17) is 27.9 Å². The van der Waals surface area contributed by atoms with Crippen LogP contribution in [0.5, 0.6) is 5.75 Å². The van der Waals surface area contributed by atoms with Gasteiger partial charge in [0.15, 0.2) is 0 Å². The van der Waals surface area contributed by atoms with Gasteiger partial charge in [0.1, 0.15) is 21.5 Å². The lowest BCUT2D eigenvalue weighted by Gasteiger charge is -2.08. The number of carbonyl (C=O) groups excluding carboxylic acids is 1. The number of pyridine rings is 2. The molecule has 0 aliphatic heterocycles. The highest BCUT2D eigenvalue weighted by molar-refractivity contribution is 6.39. The summed E-state index contributed by atoms with van der Waals surface area (Å²) >= 11 is 11.7. The smallest absolute Gasteiger partial charge is 0.274 e. The van der Waals surface area contributed by atoms with Gasteiger partial charge < -0.3 is 15.3 Å². The van der Waals surface area contributed by atoms with Gasteiger partial charge in [0, 0.05) is 0 Å². The fourth-order valence-corrected chi connectivity index (χ4v) is 1.98. The third kappa shape index (κ3) is 3.09. The third-order valence-corrected chi connectivity index (χ3v) is 2.98. The topological polar surface area (TPSA) is 78.2 Å². The molecule has 1 N–H and O–H groups in total. The van der Waals surface area contributed by atoms with Crippen LogP contribution in [-0.2, 0) is 0 Å². The van der Waals surface area contributed by atoms with E-state index in [1.165, 1.54) is 19.4 Å². The second-order valence-corrected chi connectivity index (χ2v) is 4.54. The van der Waals surface area contributed by atoms with E-state index in [1.54, 1.807) is 6.07 Å². The maximum absolute atomic E-state index is 12.0. The lowest BCUT2D eigenvalue weighted by molar-refractivity contribution is -0.605. The molecule has 104 valence electrons. The average molecular weight is 314 g/mol. The fourth-order valence-electron chi connectivity index (χ4n) is 1.44. The van der Waals surface area contributed by atoms with Crippen molar-refractivity contribution in [2.45, 2.75) is 0 Å². The summed E-state index contributed by atoms with van der Waals surface area (Å²) in [7, 11) is 1.50. The summed E-state index contributed by atoms with van der Waals surface area (Å²) in [5.74, 6) is 0.0322. The SMILES string of the molecule is COc1ccc(C(=O)Nc2c(Cl)c[n+]([O-])cc2Cl)nc1. The number of amides is 1. The Morgan fingerprint density at radius 3 is 2.50 bits per heavy atom. The zero-order chi connectivity index (χ0) is 14.7.